The number of aryl methyl sites for hydroxylation is 1. The average Bonchev–Trinajstić information content (AvgIpc) is 2.67. The fraction of sp³-hybridized carbons (Fsp3) is 0.733. The van der Waals surface area contributed by atoms with Gasteiger partial charge in [0.1, 0.15) is 12.1 Å². The molecule has 0 saturated heterocycles. The summed E-state index contributed by atoms with van der Waals surface area (Å²) in [5.74, 6) is 1.05. The monoisotopic (exact) mass is 260 g/mol. The fourth-order valence-electron chi connectivity index (χ4n) is 3.34. The largest absolute Gasteiger partial charge is 0.365 e. The molecule has 2 aliphatic rings. The van der Waals surface area contributed by atoms with Gasteiger partial charge >= 0.3 is 0 Å². The highest BCUT2D eigenvalue weighted by Gasteiger charge is 2.23. The number of fused-ring (bicyclic) bond motifs is 1. The topological polar surface area (TPSA) is 63.8 Å². The lowest BCUT2D eigenvalue weighted by Crippen LogP contribution is -2.43. The molecule has 0 aromatic carbocycles. The number of nitrogens with two attached hydrogens (primary N) is 1. The number of aromatic nitrogens is 2. The van der Waals surface area contributed by atoms with Gasteiger partial charge in [0.25, 0.3) is 0 Å². The Hall–Kier alpha value is -1.16. The first-order valence-electron chi connectivity index (χ1n) is 7.69. The maximum Gasteiger partial charge on any atom is 0.133 e. The summed E-state index contributed by atoms with van der Waals surface area (Å²) >= 11 is 0. The van der Waals surface area contributed by atoms with Crippen molar-refractivity contribution in [2.45, 2.75) is 69.9 Å². The molecule has 2 atom stereocenters. The lowest BCUT2D eigenvalue weighted by atomic mass is 9.91. The van der Waals surface area contributed by atoms with E-state index < -0.39 is 0 Å². The third kappa shape index (κ3) is 2.89. The summed E-state index contributed by atoms with van der Waals surface area (Å²) in [5, 5.41) is 3.61. The molecule has 0 amide bonds. The molecule has 1 aromatic heterocycles. The Morgan fingerprint density at radius 2 is 1.84 bits per heavy atom. The van der Waals surface area contributed by atoms with E-state index in [0.717, 1.165) is 25.1 Å². The number of rotatable bonds is 2. The molecule has 2 unspecified atom stereocenters. The van der Waals surface area contributed by atoms with Gasteiger partial charge in [0.05, 0.1) is 0 Å². The highest BCUT2D eigenvalue weighted by Crippen LogP contribution is 2.26. The zero-order valence-electron chi connectivity index (χ0n) is 11.6. The summed E-state index contributed by atoms with van der Waals surface area (Å²) in [6.07, 6.45) is 12.6. The van der Waals surface area contributed by atoms with Crippen molar-refractivity contribution in [2.24, 2.45) is 5.73 Å². The van der Waals surface area contributed by atoms with Gasteiger partial charge in [0.15, 0.2) is 0 Å². The van der Waals surface area contributed by atoms with Gasteiger partial charge in [0.2, 0.25) is 0 Å². The van der Waals surface area contributed by atoms with E-state index in [-0.39, 0.29) is 6.04 Å². The predicted molar refractivity (Wildman–Crippen MR) is 77.1 cm³/mol. The Balaban J connectivity index is 1.80. The summed E-state index contributed by atoms with van der Waals surface area (Å²) in [6, 6.07) is 0.654. The van der Waals surface area contributed by atoms with E-state index in [1.807, 2.05) is 0 Å². The summed E-state index contributed by atoms with van der Waals surface area (Å²) in [5.41, 5.74) is 8.82. The van der Waals surface area contributed by atoms with Crippen molar-refractivity contribution in [1.29, 1.82) is 0 Å². The van der Waals surface area contributed by atoms with Crippen LogP contribution < -0.4 is 11.1 Å². The molecule has 1 heterocycles. The Morgan fingerprint density at radius 1 is 1.00 bits per heavy atom. The second kappa shape index (κ2) is 5.87. The van der Waals surface area contributed by atoms with E-state index in [0.29, 0.717) is 6.04 Å². The van der Waals surface area contributed by atoms with Crippen molar-refractivity contribution in [3.63, 3.8) is 0 Å². The molecule has 1 fully saturated rings. The molecule has 1 aromatic rings. The Morgan fingerprint density at radius 3 is 2.74 bits per heavy atom. The second-order valence-electron chi connectivity index (χ2n) is 5.91. The van der Waals surface area contributed by atoms with Gasteiger partial charge in [-0.3, -0.25) is 0 Å². The molecular formula is C15H24N4. The highest BCUT2D eigenvalue weighted by atomic mass is 15.1. The molecule has 3 rings (SSSR count). The van der Waals surface area contributed by atoms with E-state index in [1.54, 1.807) is 6.33 Å². The van der Waals surface area contributed by atoms with E-state index in [9.17, 15) is 0 Å². The van der Waals surface area contributed by atoms with Crippen molar-refractivity contribution in [1.82, 2.24) is 9.97 Å². The molecule has 19 heavy (non-hydrogen) atoms. The van der Waals surface area contributed by atoms with Gasteiger partial charge in [-0.2, -0.15) is 0 Å². The molecule has 0 radical (unpaired) electrons. The van der Waals surface area contributed by atoms with Gasteiger partial charge in [0, 0.05) is 23.3 Å². The first-order chi connectivity index (χ1) is 9.34. The zero-order chi connectivity index (χ0) is 13.1. The maximum absolute atomic E-state index is 6.23. The number of nitrogens with zero attached hydrogens (tertiary/aromatic N) is 2. The van der Waals surface area contributed by atoms with Crippen LogP contribution in [0.2, 0.25) is 0 Å². The van der Waals surface area contributed by atoms with Crippen LogP contribution in [0.3, 0.4) is 0 Å². The van der Waals surface area contributed by atoms with Crippen LogP contribution in [0.15, 0.2) is 6.33 Å². The van der Waals surface area contributed by atoms with Crippen LogP contribution >= 0.6 is 0 Å². The summed E-state index contributed by atoms with van der Waals surface area (Å²) in [4.78, 5) is 8.95. The maximum atomic E-state index is 6.23. The molecule has 0 spiro atoms. The minimum Gasteiger partial charge on any atom is -0.365 e. The van der Waals surface area contributed by atoms with Crippen LogP contribution in [0.4, 0.5) is 5.82 Å². The van der Waals surface area contributed by atoms with Crippen LogP contribution in [-0.4, -0.2) is 22.1 Å². The van der Waals surface area contributed by atoms with Crippen molar-refractivity contribution < 1.29 is 0 Å². The molecule has 104 valence electrons. The van der Waals surface area contributed by atoms with Crippen molar-refractivity contribution in [3.8, 4) is 0 Å². The molecule has 1 saturated carbocycles. The summed E-state index contributed by atoms with van der Waals surface area (Å²) < 4.78 is 0. The second-order valence-corrected chi connectivity index (χ2v) is 5.91. The molecule has 0 aliphatic heterocycles. The Kier molecular flexibility index (Phi) is 3.97. The van der Waals surface area contributed by atoms with Crippen molar-refractivity contribution >= 4 is 5.82 Å². The Labute approximate surface area is 115 Å². The quantitative estimate of drug-likeness (QED) is 0.802. The summed E-state index contributed by atoms with van der Waals surface area (Å²) in [6.45, 7) is 0. The molecule has 0 bridgehead atoms. The number of nitrogens with one attached hydrogen (secondary N) is 1. The first-order valence-corrected chi connectivity index (χ1v) is 7.69. The minimum atomic E-state index is 0.269. The normalized spacial score (nSPS) is 27.4. The third-order valence-electron chi connectivity index (χ3n) is 4.52. The number of anilines is 1. The van der Waals surface area contributed by atoms with Crippen LogP contribution in [0, 0.1) is 0 Å². The van der Waals surface area contributed by atoms with E-state index in [1.165, 1.54) is 49.8 Å². The standard InChI is InChI=1S/C15H24N4/c16-12-7-4-5-9-14(12)19-15-11-6-2-1-3-8-13(11)17-10-18-15/h10,12,14H,1-9,16H2,(H,17,18,19). The fourth-order valence-corrected chi connectivity index (χ4v) is 3.34. The van der Waals surface area contributed by atoms with Crippen molar-refractivity contribution in [3.05, 3.63) is 17.6 Å². The average molecular weight is 260 g/mol. The molecule has 4 heteroatoms. The van der Waals surface area contributed by atoms with Crippen LogP contribution in [0.1, 0.15) is 56.2 Å². The van der Waals surface area contributed by atoms with Gasteiger partial charge in [-0.05, 0) is 38.5 Å². The van der Waals surface area contributed by atoms with E-state index in [4.69, 9.17) is 5.73 Å². The summed E-state index contributed by atoms with van der Waals surface area (Å²) in [7, 11) is 0. The lowest BCUT2D eigenvalue weighted by Gasteiger charge is -2.30. The molecule has 3 N–H and O–H groups in total. The van der Waals surface area contributed by atoms with Crippen molar-refractivity contribution in [2.75, 3.05) is 5.32 Å². The molecule has 2 aliphatic carbocycles. The van der Waals surface area contributed by atoms with Crippen LogP contribution in [-0.2, 0) is 12.8 Å². The van der Waals surface area contributed by atoms with E-state index in [2.05, 4.69) is 15.3 Å². The van der Waals surface area contributed by atoms with Crippen LogP contribution in [0.25, 0.3) is 0 Å². The SMILES string of the molecule is NC1CCCCC1Nc1ncnc2c1CCCCC2. The highest BCUT2D eigenvalue weighted by molar-refractivity contribution is 5.47. The number of hydrogen-bond donors (Lipinski definition) is 2. The number of hydrogen-bond acceptors (Lipinski definition) is 4. The van der Waals surface area contributed by atoms with Crippen LogP contribution in [0.5, 0.6) is 0 Å². The van der Waals surface area contributed by atoms with Gasteiger partial charge in [-0.1, -0.05) is 19.3 Å². The molecular weight excluding hydrogens is 236 g/mol. The lowest BCUT2D eigenvalue weighted by molar-refractivity contribution is 0.403. The predicted octanol–water partition coefficient (Wildman–Crippen LogP) is 2.43. The third-order valence-corrected chi connectivity index (χ3v) is 4.52. The van der Waals surface area contributed by atoms with Gasteiger partial charge in [-0.25, -0.2) is 9.97 Å². The van der Waals surface area contributed by atoms with Gasteiger partial charge < -0.3 is 11.1 Å². The van der Waals surface area contributed by atoms with E-state index >= 15 is 0 Å². The van der Waals surface area contributed by atoms with Gasteiger partial charge in [-0.15, -0.1) is 0 Å². The Bertz CT molecular complexity index is 432. The zero-order valence-corrected chi connectivity index (χ0v) is 11.6. The first kappa shape index (κ1) is 12.9. The minimum absolute atomic E-state index is 0.269. The molecule has 4 nitrogen and oxygen atoms in total. The smallest absolute Gasteiger partial charge is 0.133 e.